The zero-order chi connectivity index (χ0) is 25.8. The monoisotopic (exact) mass is 485 g/mol. The van der Waals surface area contributed by atoms with E-state index >= 15 is 0 Å². The maximum atomic E-state index is 14.0. The summed E-state index contributed by atoms with van der Waals surface area (Å²) in [6, 6.07) is 6.42. The highest BCUT2D eigenvalue weighted by atomic mass is 16.6. The van der Waals surface area contributed by atoms with Gasteiger partial charge in [0.15, 0.2) is 0 Å². The standard InChI is InChI=1S/C28H43N3O4/c1-18(2)23(30-27(34)35-28(4,5)6)26(33)31(22-15-16-22)24(20-12-10-11-19(3)17-20)25(32)29-21-13-8-7-9-14-21/h10-12,17-18,21-24H,7-9,13-16H2,1-6H3,(H,29,32)(H,30,34). The molecule has 2 N–H and O–H groups in total. The average molecular weight is 486 g/mol. The van der Waals surface area contributed by atoms with Gasteiger partial charge in [-0.25, -0.2) is 4.79 Å². The van der Waals surface area contributed by atoms with Gasteiger partial charge in [0, 0.05) is 12.1 Å². The van der Waals surface area contributed by atoms with E-state index in [1.54, 1.807) is 25.7 Å². The van der Waals surface area contributed by atoms with E-state index in [0.29, 0.717) is 0 Å². The number of carbonyl (C=O) groups excluding carboxylic acids is 3. The minimum atomic E-state index is -0.791. The van der Waals surface area contributed by atoms with Crippen LogP contribution in [-0.2, 0) is 14.3 Å². The van der Waals surface area contributed by atoms with Crippen molar-refractivity contribution in [2.75, 3.05) is 0 Å². The number of rotatable bonds is 8. The second kappa shape index (κ2) is 11.4. The van der Waals surface area contributed by atoms with Crippen molar-refractivity contribution in [3.63, 3.8) is 0 Å². The molecule has 2 aliphatic carbocycles. The van der Waals surface area contributed by atoms with Gasteiger partial charge in [-0.15, -0.1) is 0 Å². The van der Waals surface area contributed by atoms with E-state index in [1.165, 1.54) is 6.42 Å². The molecule has 2 unspecified atom stereocenters. The zero-order valence-corrected chi connectivity index (χ0v) is 22.2. The van der Waals surface area contributed by atoms with E-state index in [2.05, 4.69) is 10.6 Å². The van der Waals surface area contributed by atoms with Crippen LogP contribution in [0.4, 0.5) is 4.79 Å². The molecule has 0 radical (unpaired) electrons. The van der Waals surface area contributed by atoms with Gasteiger partial charge in [-0.2, -0.15) is 0 Å². The number of amides is 3. The molecule has 35 heavy (non-hydrogen) atoms. The van der Waals surface area contributed by atoms with Crippen LogP contribution in [-0.4, -0.2) is 46.5 Å². The van der Waals surface area contributed by atoms with Crippen LogP contribution in [0.25, 0.3) is 0 Å². The van der Waals surface area contributed by atoms with Crippen molar-refractivity contribution >= 4 is 17.9 Å². The van der Waals surface area contributed by atoms with Gasteiger partial charge < -0.3 is 20.3 Å². The Kier molecular flexibility index (Phi) is 8.84. The van der Waals surface area contributed by atoms with Gasteiger partial charge in [-0.3, -0.25) is 9.59 Å². The van der Waals surface area contributed by atoms with E-state index in [0.717, 1.165) is 49.7 Å². The van der Waals surface area contributed by atoms with Crippen molar-refractivity contribution < 1.29 is 19.1 Å². The molecular formula is C28H43N3O4. The molecule has 3 amide bonds. The molecule has 0 heterocycles. The molecule has 194 valence electrons. The Labute approximate surface area is 210 Å². The van der Waals surface area contributed by atoms with Crippen LogP contribution in [0.15, 0.2) is 24.3 Å². The Bertz CT molecular complexity index is 898. The quantitative estimate of drug-likeness (QED) is 0.541. The highest BCUT2D eigenvalue weighted by Crippen LogP contribution is 2.36. The SMILES string of the molecule is Cc1cccc(C(C(=O)NC2CCCCC2)N(C(=O)C(NC(=O)OC(C)(C)C)C(C)C)C2CC2)c1. The fourth-order valence-electron chi connectivity index (χ4n) is 4.78. The number of alkyl carbamates (subject to hydrolysis) is 1. The van der Waals surface area contributed by atoms with Crippen molar-refractivity contribution in [1.29, 1.82) is 0 Å². The van der Waals surface area contributed by atoms with Crippen LogP contribution in [0.2, 0.25) is 0 Å². The normalized spacial score (nSPS) is 18.5. The van der Waals surface area contributed by atoms with E-state index in [9.17, 15) is 14.4 Å². The summed E-state index contributed by atoms with van der Waals surface area (Å²) >= 11 is 0. The van der Waals surface area contributed by atoms with Gasteiger partial charge in [-0.1, -0.05) is 62.9 Å². The van der Waals surface area contributed by atoms with Gasteiger partial charge in [0.25, 0.3) is 0 Å². The lowest BCUT2D eigenvalue weighted by molar-refractivity contribution is -0.144. The molecule has 0 aromatic heterocycles. The predicted molar refractivity (Wildman–Crippen MR) is 137 cm³/mol. The van der Waals surface area contributed by atoms with E-state index in [4.69, 9.17) is 4.74 Å². The molecule has 1 aromatic carbocycles. The number of benzene rings is 1. The smallest absolute Gasteiger partial charge is 0.408 e. The van der Waals surface area contributed by atoms with Crippen LogP contribution in [0.1, 0.15) is 96.7 Å². The third-order valence-corrected chi connectivity index (χ3v) is 6.64. The first-order valence-electron chi connectivity index (χ1n) is 13.1. The van der Waals surface area contributed by atoms with Gasteiger partial charge in [0.1, 0.15) is 17.7 Å². The van der Waals surface area contributed by atoms with E-state index in [1.807, 2.05) is 45.0 Å². The first-order chi connectivity index (χ1) is 16.5. The molecule has 0 spiro atoms. The van der Waals surface area contributed by atoms with Crippen LogP contribution < -0.4 is 10.6 Å². The van der Waals surface area contributed by atoms with Crippen molar-refractivity contribution in [3.8, 4) is 0 Å². The zero-order valence-electron chi connectivity index (χ0n) is 22.2. The molecule has 0 saturated heterocycles. The number of hydrogen-bond donors (Lipinski definition) is 2. The van der Waals surface area contributed by atoms with Gasteiger partial charge in [-0.05, 0) is 64.9 Å². The molecule has 0 bridgehead atoms. The second-order valence-corrected chi connectivity index (χ2v) is 11.5. The summed E-state index contributed by atoms with van der Waals surface area (Å²) in [5.74, 6) is -0.544. The highest BCUT2D eigenvalue weighted by molar-refractivity contribution is 5.92. The Morgan fingerprint density at radius 3 is 2.23 bits per heavy atom. The molecular weight excluding hydrogens is 442 g/mol. The van der Waals surface area contributed by atoms with Gasteiger partial charge in [0.2, 0.25) is 11.8 Å². The predicted octanol–water partition coefficient (Wildman–Crippen LogP) is 5.03. The van der Waals surface area contributed by atoms with E-state index in [-0.39, 0.29) is 29.8 Å². The first-order valence-corrected chi connectivity index (χ1v) is 13.1. The lowest BCUT2D eigenvalue weighted by Gasteiger charge is -2.37. The number of nitrogens with zero attached hydrogens (tertiary/aromatic N) is 1. The summed E-state index contributed by atoms with van der Waals surface area (Å²) in [4.78, 5) is 42.1. The molecule has 7 heteroatoms. The van der Waals surface area contributed by atoms with Gasteiger partial charge in [0.05, 0.1) is 0 Å². The van der Waals surface area contributed by atoms with E-state index < -0.39 is 23.8 Å². The molecule has 2 aliphatic rings. The summed E-state index contributed by atoms with van der Waals surface area (Å²) in [7, 11) is 0. The second-order valence-electron chi connectivity index (χ2n) is 11.5. The first kappa shape index (κ1) is 27.0. The molecule has 2 saturated carbocycles. The third-order valence-electron chi connectivity index (χ3n) is 6.64. The summed E-state index contributed by atoms with van der Waals surface area (Å²) in [5, 5.41) is 6.04. The maximum Gasteiger partial charge on any atom is 0.408 e. The molecule has 1 aromatic rings. The third kappa shape index (κ3) is 7.71. The lowest BCUT2D eigenvalue weighted by atomic mass is 9.94. The van der Waals surface area contributed by atoms with Crippen molar-refractivity contribution in [2.45, 2.75) is 116 Å². The van der Waals surface area contributed by atoms with Crippen LogP contribution >= 0.6 is 0 Å². The largest absolute Gasteiger partial charge is 0.444 e. The number of ether oxygens (including phenoxy) is 1. The topological polar surface area (TPSA) is 87.7 Å². The molecule has 3 rings (SSSR count). The maximum absolute atomic E-state index is 14.0. The van der Waals surface area contributed by atoms with Crippen LogP contribution in [0.3, 0.4) is 0 Å². The number of carbonyl (C=O) groups is 3. The molecule has 7 nitrogen and oxygen atoms in total. The number of hydrogen-bond acceptors (Lipinski definition) is 4. The Hall–Kier alpha value is -2.57. The summed E-state index contributed by atoms with van der Waals surface area (Å²) in [6.45, 7) is 11.2. The fraction of sp³-hybridized carbons (Fsp3) is 0.679. The Balaban J connectivity index is 1.92. The number of aryl methyl sites for hydroxylation is 1. The summed E-state index contributed by atoms with van der Waals surface area (Å²) in [5.41, 5.74) is 1.17. The Morgan fingerprint density at radius 2 is 1.69 bits per heavy atom. The Morgan fingerprint density at radius 1 is 1.03 bits per heavy atom. The van der Waals surface area contributed by atoms with Gasteiger partial charge >= 0.3 is 6.09 Å². The van der Waals surface area contributed by atoms with Crippen LogP contribution in [0, 0.1) is 12.8 Å². The fourth-order valence-corrected chi connectivity index (χ4v) is 4.78. The number of nitrogens with one attached hydrogen (secondary N) is 2. The van der Waals surface area contributed by atoms with Crippen molar-refractivity contribution in [3.05, 3.63) is 35.4 Å². The molecule has 2 fully saturated rings. The van der Waals surface area contributed by atoms with Crippen molar-refractivity contribution in [1.82, 2.24) is 15.5 Å². The lowest BCUT2D eigenvalue weighted by Crippen LogP contribution is -2.56. The minimum Gasteiger partial charge on any atom is -0.444 e. The summed E-state index contributed by atoms with van der Waals surface area (Å²) < 4.78 is 5.43. The molecule has 2 atom stereocenters. The molecule has 0 aliphatic heterocycles. The minimum absolute atomic E-state index is 0.0215. The average Bonchev–Trinajstić information content (AvgIpc) is 3.59. The van der Waals surface area contributed by atoms with Crippen molar-refractivity contribution in [2.24, 2.45) is 5.92 Å². The highest BCUT2D eigenvalue weighted by Gasteiger charge is 2.45. The summed E-state index contributed by atoms with van der Waals surface area (Å²) in [6.07, 6.45) is 6.44. The van der Waals surface area contributed by atoms with Crippen LogP contribution in [0.5, 0.6) is 0 Å².